The smallest absolute Gasteiger partial charge is 0.244 e. The van der Waals surface area contributed by atoms with Crippen molar-refractivity contribution in [3.8, 4) is 5.75 Å². The molecule has 2 aliphatic rings. The maximum Gasteiger partial charge on any atom is 0.244 e. The molecule has 0 radical (unpaired) electrons. The van der Waals surface area contributed by atoms with Crippen LogP contribution < -0.4 is 15.0 Å². The highest BCUT2D eigenvalue weighted by molar-refractivity contribution is 8.15. The molecule has 2 atom stereocenters. The van der Waals surface area contributed by atoms with Crippen LogP contribution >= 0.6 is 11.8 Å². The second kappa shape index (κ2) is 8.55. The first-order valence-electron chi connectivity index (χ1n) is 9.98. The normalized spacial score (nSPS) is 21.3. The molecule has 0 aliphatic carbocycles. The second-order valence-corrected chi connectivity index (χ2v) is 11.2. The number of para-hydroxylation sites is 1. The molecule has 4 rings (SSSR count). The Bertz CT molecular complexity index is 1130. The summed E-state index contributed by atoms with van der Waals surface area (Å²) in [5.41, 5.74) is 3.56. The molecule has 2 aromatic carbocycles. The summed E-state index contributed by atoms with van der Waals surface area (Å²) in [5.74, 6) is 0.683. The van der Waals surface area contributed by atoms with Crippen LogP contribution in [0.15, 0.2) is 47.5 Å². The highest BCUT2D eigenvalue weighted by atomic mass is 32.2. The third-order valence-electron chi connectivity index (χ3n) is 5.45. The number of aliphatic imine (C=N–C) groups is 1. The van der Waals surface area contributed by atoms with Crippen molar-refractivity contribution in [3.63, 3.8) is 0 Å². The van der Waals surface area contributed by atoms with E-state index in [0.29, 0.717) is 10.9 Å². The maximum atomic E-state index is 13.0. The number of rotatable bonds is 5. The van der Waals surface area contributed by atoms with E-state index >= 15 is 0 Å². The van der Waals surface area contributed by atoms with Crippen molar-refractivity contribution in [1.29, 1.82) is 0 Å². The zero-order valence-corrected chi connectivity index (χ0v) is 19.3. The van der Waals surface area contributed by atoms with Gasteiger partial charge in [-0.15, -0.1) is 0 Å². The Hall–Kier alpha value is -2.52. The number of ether oxygens (including phenoxy) is 1. The van der Waals surface area contributed by atoms with Crippen LogP contribution in [0.2, 0.25) is 0 Å². The molecule has 1 saturated heterocycles. The number of methoxy groups -OCH3 is 1. The number of carbonyl (C=O) groups excluding carboxylic acids is 1. The number of sulfone groups is 1. The van der Waals surface area contributed by atoms with Crippen LogP contribution in [0, 0.1) is 13.8 Å². The van der Waals surface area contributed by atoms with Crippen molar-refractivity contribution in [3.05, 3.63) is 53.6 Å². The summed E-state index contributed by atoms with van der Waals surface area (Å²) in [6, 6.07) is 13.0. The minimum absolute atomic E-state index is 0.0545. The molecule has 2 aromatic rings. The number of amides is 1. The lowest BCUT2D eigenvalue weighted by Gasteiger charge is -2.25. The molecule has 9 heteroatoms. The standard InChI is InChI=1S/C22H25N3O4S2/c1-14-6-4-7-15(2)21(14)24-20(26)11-25(16-8-5-9-17(10-16)29-3)22-23-18-12-31(27,28)13-19(18)30-22/h4-10,18-19H,11-13H2,1-3H3,(H,24,26)/t18-,19+/m0/s1. The summed E-state index contributed by atoms with van der Waals surface area (Å²) in [6.07, 6.45) is 0. The predicted octanol–water partition coefficient (Wildman–Crippen LogP) is 3.03. The third-order valence-corrected chi connectivity index (χ3v) is 8.70. The van der Waals surface area contributed by atoms with Gasteiger partial charge in [0.25, 0.3) is 0 Å². The summed E-state index contributed by atoms with van der Waals surface area (Å²) in [5, 5.41) is 3.58. The van der Waals surface area contributed by atoms with Gasteiger partial charge in [0.05, 0.1) is 24.7 Å². The predicted molar refractivity (Wildman–Crippen MR) is 126 cm³/mol. The Kier molecular flexibility index (Phi) is 5.98. The Labute approximate surface area is 186 Å². The van der Waals surface area contributed by atoms with E-state index in [2.05, 4.69) is 10.3 Å². The molecule has 2 aliphatic heterocycles. The van der Waals surface area contributed by atoms with Crippen molar-refractivity contribution < 1.29 is 17.9 Å². The molecule has 0 spiro atoms. The first-order chi connectivity index (χ1) is 14.8. The van der Waals surface area contributed by atoms with Gasteiger partial charge in [0.1, 0.15) is 12.3 Å². The average molecular weight is 460 g/mol. The Morgan fingerprint density at radius 2 is 1.90 bits per heavy atom. The van der Waals surface area contributed by atoms with E-state index in [1.165, 1.54) is 11.8 Å². The number of anilines is 2. The Morgan fingerprint density at radius 1 is 1.19 bits per heavy atom. The van der Waals surface area contributed by atoms with Crippen LogP contribution in [-0.2, 0) is 14.6 Å². The van der Waals surface area contributed by atoms with Gasteiger partial charge in [0, 0.05) is 22.7 Å². The number of nitrogens with zero attached hydrogens (tertiary/aromatic N) is 2. The van der Waals surface area contributed by atoms with E-state index in [1.807, 2.05) is 61.2 Å². The van der Waals surface area contributed by atoms with Crippen LogP contribution in [0.1, 0.15) is 11.1 Å². The highest BCUT2D eigenvalue weighted by Crippen LogP contribution is 2.37. The molecular formula is C22H25N3O4S2. The molecule has 164 valence electrons. The molecule has 0 bridgehead atoms. The monoisotopic (exact) mass is 459 g/mol. The fourth-order valence-corrected chi connectivity index (χ4v) is 7.63. The molecule has 1 fully saturated rings. The fourth-order valence-electron chi connectivity index (χ4n) is 3.85. The number of aryl methyl sites for hydroxylation is 2. The van der Waals surface area contributed by atoms with E-state index < -0.39 is 9.84 Å². The summed E-state index contributed by atoms with van der Waals surface area (Å²) < 4.78 is 29.2. The van der Waals surface area contributed by atoms with Crippen LogP contribution in [0.5, 0.6) is 5.75 Å². The molecule has 0 saturated carbocycles. The average Bonchev–Trinajstić information content (AvgIpc) is 3.22. The van der Waals surface area contributed by atoms with E-state index in [9.17, 15) is 13.2 Å². The summed E-state index contributed by atoms with van der Waals surface area (Å²) >= 11 is 1.43. The van der Waals surface area contributed by atoms with Crippen LogP contribution in [0.25, 0.3) is 0 Å². The molecule has 31 heavy (non-hydrogen) atoms. The molecule has 2 heterocycles. The minimum atomic E-state index is -3.05. The van der Waals surface area contributed by atoms with Crippen molar-refractivity contribution in [1.82, 2.24) is 0 Å². The van der Waals surface area contributed by atoms with Gasteiger partial charge in [-0.05, 0) is 37.1 Å². The summed E-state index contributed by atoms with van der Waals surface area (Å²) in [6.45, 7) is 3.97. The Balaban J connectivity index is 1.61. The highest BCUT2D eigenvalue weighted by Gasteiger charge is 2.44. The van der Waals surface area contributed by atoms with Crippen molar-refractivity contribution in [2.24, 2.45) is 4.99 Å². The summed E-state index contributed by atoms with van der Waals surface area (Å²) in [4.78, 5) is 19.5. The molecule has 0 aromatic heterocycles. The van der Waals surface area contributed by atoms with Crippen molar-refractivity contribution >= 4 is 44.0 Å². The van der Waals surface area contributed by atoms with Gasteiger partial charge in [0.15, 0.2) is 15.0 Å². The van der Waals surface area contributed by atoms with E-state index in [0.717, 1.165) is 22.5 Å². The van der Waals surface area contributed by atoms with E-state index in [1.54, 1.807) is 7.11 Å². The van der Waals surface area contributed by atoms with E-state index in [4.69, 9.17) is 4.74 Å². The third kappa shape index (κ3) is 4.72. The minimum Gasteiger partial charge on any atom is -0.497 e. The van der Waals surface area contributed by atoms with Gasteiger partial charge in [-0.3, -0.25) is 9.79 Å². The topological polar surface area (TPSA) is 88.1 Å². The molecule has 1 amide bonds. The molecule has 7 nitrogen and oxygen atoms in total. The van der Waals surface area contributed by atoms with Gasteiger partial charge in [-0.2, -0.15) is 0 Å². The maximum absolute atomic E-state index is 13.0. The first-order valence-corrected chi connectivity index (χ1v) is 12.7. The number of fused-ring (bicyclic) bond motifs is 1. The molecular weight excluding hydrogens is 434 g/mol. The lowest BCUT2D eigenvalue weighted by atomic mass is 10.1. The number of carbonyl (C=O) groups is 1. The van der Waals surface area contributed by atoms with Gasteiger partial charge < -0.3 is 15.0 Å². The lowest BCUT2D eigenvalue weighted by Crippen LogP contribution is -2.37. The van der Waals surface area contributed by atoms with Gasteiger partial charge in [-0.25, -0.2) is 8.42 Å². The quantitative estimate of drug-likeness (QED) is 0.740. The zero-order valence-electron chi connectivity index (χ0n) is 17.7. The fraction of sp³-hybridized carbons (Fsp3) is 0.364. The van der Waals surface area contributed by atoms with Crippen LogP contribution in [-0.4, -0.2) is 55.9 Å². The van der Waals surface area contributed by atoms with Crippen LogP contribution in [0.3, 0.4) is 0 Å². The van der Waals surface area contributed by atoms with Gasteiger partial charge >= 0.3 is 0 Å². The molecule has 0 unspecified atom stereocenters. The van der Waals surface area contributed by atoms with Gasteiger partial charge in [0.2, 0.25) is 5.91 Å². The van der Waals surface area contributed by atoms with Gasteiger partial charge in [-0.1, -0.05) is 36.0 Å². The van der Waals surface area contributed by atoms with E-state index in [-0.39, 0.29) is 35.2 Å². The van der Waals surface area contributed by atoms with Crippen LogP contribution in [0.4, 0.5) is 11.4 Å². The second-order valence-electron chi connectivity index (χ2n) is 7.81. The number of hydrogen-bond donors (Lipinski definition) is 1. The number of thioether (sulfide) groups is 1. The SMILES string of the molecule is COc1cccc(N(CC(=O)Nc2c(C)cccc2C)C2=N[C@H]3CS(=O)(=O)C[C@H]3S2)c1. The largest absolute Gasteiger partial charge is 0.497 e. The first kappa shape index (κ1) is 21.7. The Morgan fingerprint density at radius 3 is 2.58 bits per heavy atom. The van der Waals surface area contributed by atoms with Crippen molar-refractivity contribution in [2.75, 3.05) is 35.4 Å². The molecule has 1 N–H and O–H groups in total. The number of nitrogens with one attached hydrogen (secondary N) is 1. The number of benzene rings is 2. The lowest BCUT2D eigenvalue weighted by molar-refractivity contribution is -0.114. The number of amidine groups is 1. The number of hydrogen-bond acceptors (Lipinski definition) is 7. The summed E-state index contributed by atoms with van der Waals surface area (Å²) in [7, 11) is -1.46. The zero-order chi connectivity index (χ0) is 22.2. The van der Waals surface area contributed by atoms with Crippen molar-refractivity contribution in [2.45, 2.75) is 25.1 Å².